The molecule has 0 saturated carbocycles. The highest BCUT2D eigenvalue weighted by Gasteiger charge is 2.30. The Hall–Kier alpha value is -1.72. The topological polar surface area (TPSA) is 75.4 Å². The Labute approximate surface area is 112 Å². The fourth-order valence-electron chi connectivity index (χ4n) is 2.24. The molecule has 0 aliphatic carbocycles. The zero-order valence-electron chi connectivity index (χ0n) is 11.3. The van der Waals surface area contributed by atoms with Gasteiger partial charge in [0.05, 0.1) is 12.6 Å². The lowest BCUT2D eigenvalue weighted by Gasteiger charge is -2.32. The van der Waals surface area contributed by atoms with E-state index in [9.17, 15) is 9.59 Å². The van der Waals surface area contributed by atoms with E-state index in [4.69, 9.17) is 5.73 Å². The van der Waals surface area contributed by atoms with Crippen LogP contribution in [0.5, 0.6) is 0 Å². The lowest BCUT2D eigenvalue weighted by molar-refractivity contribution is -0.139. The Balaban J connectivity index is 2.16. The Morgan fingerprint density at radius 3 is 2.79 bits per heavy atom. The van der Waals surface area contributed by atoms with Gasteiger partial charge in [0.25, 0.3) is 0 Å². The highest BCUT2D eigenvalue weighted by atomic mass is 16.2. The van der Waals surface area contributed by atoms with Gasteiger partial charge in [-0.05, 0) is 30.5 Å². The average molecular weight is 261 g/mol. The van der Waals surface area contributed by atoms with Gasteiger partial charge in [-0.25, -0.2) is 0 Å². The van der Waals surface area contributed by atoms with Crippen molar-refractivity contribution in [2.24, 2.45) is 5.73 Å². The Morgan fingerprint density at radius 1 is 1.42 bits per heavy atom. The highest BCUT2D eigenvalue weighted by molar-refractivity contribution is 6.00. The van der Waals surface area contributed by atoms with E-state index in [1.165, 1.54) is 0 Å². The third-order valence-corrected chi connectivity index (χ3v) is 3.55. The summed E-state index contributed by atoms with van der Waals surface area (Å²) in [6.07, 6.45) is 0. The van der Waals surface area contributed by atoms with Crippen LogP contribution in [0.2, 0.25) is 0 Å². The summed E-state index contributed by atoms with van der Waals surface area (Å²) in [5.74, 6) is -0.466. The largest absolute Gasteiger partial charge is 0.326 e. The molecule has 5 nitrogen and oxygen atoms in total. The molecule has 1 unspecified atom stereocenters. The SMILES string of the molecule is Cc1cc(CN)ccc1CN1CC(=O)NC(=O)C1C. The standard InChI is InChI=1S/C14H19N3O2/c1-9-5-11(6-15)3-4-12(9)7-17-8-13(18)16-14(19)10(17)2/h3-5,10H,6-8,15H2,1-2H3,(H,16,18,19). The fourth-order valence-corrected chi connectivity index (χ4v) is 2.24. The second-order valence-electron chi connectivity index (χ2n) is 4.96. The predicted molar refractivity (Wildman–Crippen MR) is 72.1 cm³/mol. The molecular formula is C14H19N3O2. The molecule has 1 aromatic carbocycles. The summed E-state index contributed by atoms with van der Waals surface area (Å²) in [5.41, 5.74) is 8.94. The van der Waals surface area contributed by atoms with Gasteiger partial charge in [-0.1, -0.05) is 18.2 Å². The first-order valence-electron chi connectivity index (χ1n) is 6.37. The van der Waals surface area contributed by atoms with Crippen LogP contribution in [-0.2, 0) is 22.7 Å². The van der Waals surface area contributed by atoms with Gasteiger partial charge in [-0.3, -0.25) is 19.8 Å². The molecule has 1 aromatic rings. The van der Waals surface area contributed by atoms with Crippen molar-refractivity contribution in [2.75, 3.05) is 6.54 Å². The van der Waals surface area contributed by atoms with E-state index in [1.54, 1.807) is 0 Å². The van der Waals surface area contributed by atoms with Crippen molar-refractivity contribution in [1.29, 1.82) is 0 Å². The van der Waals surface area contributed by atoms with E-state index in [-0.39, 0.29) is 24.4 Å². The number of piperazine rings is 1. The molecule has 1 aliphatic rings. The van der Waals surface area contributed by atoms with Crippen molar-refractivity contribution in [1.82, 2.24) is 10.2 Å². The van der Waals surface area contributed by atoms with E-state index < -0.39 is 0 Å². The molecule has 0 aromatic heterocycles. The van der Waals surface area contributed by atoms with Crippen molar-refractivity contribution < 1.29 is 9.59 Å². The number of hydrogen-bond donors (Lipinski definition) is 2. The Kier molecular flexibility index (Phi) is 3.97. The summed E-state index contributed by atoms with van der Waals surface area (Å²) in [7, 11) is 0. The molecule has 2 rings (SSSR count). The first kappa shape index (κ1) is 13.7. The number of benzene rings is 1. The van der Waals surface area contributed by atoms with E-state index in [0.29, 0.717) is 13.1 Å². The van der Waals surface area contributed by atoms with Gasteiger partial charge in [0.2, 0.25) is 11.8 Å². The van der Waals surface area contributed by atoms with Gasteiger partial charge in [0, 0.05) is 13.1 Å². The molecule has 0 bridgehead atoms. The Morgan fingerprint density at radius 2 is 2.16 bits per heavy atom. The maximum absolute atomic E-state index is 11.6. The van der Waals surface area contributed by atoms with Crippen molar-refractivity contribution >= 4 is 11.8 Å². The molecule has 1 fully saturated rings. The average Bonchev–Trinajstić information content (AvgIpc) is 2.37. The van der Waals surface area contributed by atoms with Gasteiger partial charge in [0.15, 0.2) is 0 Å². The number of nitrogens with one attached hydrogen (secondary N) is 1. The Bertz CT molecular complexity index is 513. The monoisotopic (exact) mass is 261 g/mol. The molecule has 102 valence electrons. The van der Waals surface area contributed by atoms with Crippen molar-refractivity contribution in [3.05, 3.63) is 34.9 Å². The van der Waals surface area contributed by atoms with Crippen molar-refractivity contribution in [2.45, 2.75) is 33.0 Å². The first-order valence-corrected chi connectivity index (χ1v) is 6.37. The van der Waals surface area contributed by atoms with E-state index in [0.717, 1.165) is 16.7 Å². The number of nitrogens with two attached hydrogens (primary N) is 1. The van der Waals surface area contributed by atoms with Gasteiger partial charge < -0.3 is 5.73 Å². The van der Waals surface area contributed by atoms with Crippen LogP contribution < -0.4 is 11.1 Å². The second kappa shape index (κ2) is 5.50. The van der Waals surface area contributed by atoms with Crippen LogP contribution in [0.1, 0.15) is 23.6 Å². The number of aryl methyl sites for hydroxylation is 1. The summed E-state index contributed by atoms with van der Waals surface area (Å²) in [6, 6.07) is 5.76. The van der Waals surface area contributed by atoms with Crippen LogP contribution >= 0.6 is 0 Å². The maximum atomic E-state index is 11.6. The smallest absolute Gasteiger partial charge is 0.243 e. The van der Waals surface area contributed by atoms with Gasteiger partial charge in [0.1, 0.15) is 0 Å². The van der Waals surface area contributed by atoms with Crippen LogP contribution in [0.15, 0.2) is 18.2 Å². The number of imide groups is 1. The van der Waals surface area contributed by atoms with E-state index >= 15 is 0 Å². The summed E-state index contributed by atoms with van der Waals surface area (Å²) in [4.78, 5) is 24.9. The minimum atomic E-state index is -0.286. The molecule has 1 atom stereocenters. The first-order chi connectivity index (χ1) is 9.01. The molecule has 1 aliphatic heterocycles. The number of amides is 2. The number of carbonyl (C=O) groups excluding carboxylic acids is 2. The van der Waals surface area contributed by atoms with Gasteiger partial charge in [-0.15, -0.1) is 0 Å². The summed E-state index contributed by atoms with van der Waals surface area (Å²) in [6.45, 7) is 5.19. The summed E-state index contributed by atoms with van der Waals surface area (Å²) >= 11 is 0. The van der Waals surface area contributed by atoms with E-state index in [1.807, 2.05) is 36.9 Å². The molecule has 5 heteroatoms. The van der Waals surface area contributed by atoms with Crippen LogP contribution in [0.25, 0.3) is 0 Å². The van der Waals surface area contributed by atoms with Crippen molar-refractivity contribution in [3.63, 3.8) is 0 Å². The van der Waals surface area contributed by atoms with Crippen LogP contribution in [-0.4, -0.2) is 29.3 Å². The quantitative estimate of drug-likeness (QED) is 0.767. The predicted octanol–water partition coefficient (Wildman–Crippen LogP) is 0.301. The molecule has 19 heavy (non-hydrogen) atoms. The zero-order valence-corrected chi connectivity index (χ0v) is 11.3. The maximum Gasteiger partial charge on any atom is 0.243 e. The summed E-state index contributed by atoms with van der Waals surface area (Å²) < 4.78 is 0. The number of rotatable bonds is 3. The van der Waals surface area contributed by atoms with Gasteiger partial charge in [-0.2, -0.15) is 0 Å². The molecule has 1 heterocycles. The van der Waals surface area contributed by atoms with Crippen molar-refractivity contribution in [3.8, 4) is 0 Å². The van der Waals surface area contributed by atoms with Crippen LogP contribution in [0.3, 0.4) is 0 Å². The normalized spacial score (nSPS) is 20.5. The van der Waals surface area contributed by atoms with E-state index in [2.05, 4.69) is 5.32 Å². The van der Waals surface area contributed by atoms with Crippen LogP contribution in [0.4, 0.5) is 0 Å². The summed E-state index contributed by atoms with van der Waals surface area (Å²) in [5, 5.41) is 2.34. The molecule has 0 spiro atoms. The lowest BCUT2D eigenvalue weighted by Crippen LogP contribution is -2.56. The number of carbonyl (C=O) groups is 2. The third-order valence-electron chi connectivity index (χ3n) is 3.55. The third kappa shape index (κ3) is 3.00. The highest BCUT2D eigenvalue weighted by Crippen LogP contribution is 2.16. The molecular weight excluding hydrogens is 242 g/mol. The number of hydrogen-bond acceptors (Lipinski definition) is 4. The molecule has 3 N–H and O–H groups in total. The molecule has 0 radical (unpaired) electrons. The molecule has 2 amide bonds. The van der Waals surface area contributed by atoms with Crippen LogP contribution in [0, 0.1) is 6.92 Å². The fraction of sp³-hybridized carbons (Fsp3) is 0.429. The van der Waals surface area contributed by atoms with Gasteiger partial charge >= 0.3 is 0 Å². The molecule has 1 saturated heterocycles. The second-order valence-corrected chi connectivity index (χ2v) is 4.96. The minimum absolute atomic E-state index is 0.229. The minimum Gasteiger partial charge on any atom is -0.326 e. The lowest BCUT2D eigenvalue weighted by atomic mass is 10.0. The zero-order chi connectivity index (χ0) is 14.0. The number of nitrogens with zero attached hydrogens (tertiary/aromatic N) is 1.